The lowest BCUT2D eigenvalue weighted by atomic mass is 9.98. The molecule has 2 fully saturated rings. The van der Waals surface area contributed by atoms with Gasteiger partial charge in [-0.2, -0.15) is 0 Å². The molecule has 6 nitrogen and oxygen atoms in total. The first-order valence-electron chi connectivity index (χ1n) is 10.1. The summed E-state index contributed by atoms with van der Waals surface area (Å²) in [6, 6.07) is 10.1. The molecule has 2 aliphatic rings. The highest BCUT2D eigenvalue weighted by Gasteiger charge is 2.54. The zero-order valence-corrected chi connectivity index (χ0v) is 17.4. The number of hydrogen-bond donors (Lipinski definition) is 0. The maximum atomic E-state index is 13.0. The zero-order valence-electron chi connectivity index (χ0n) is 17.4. The van der Waals surface area contributed by atoms with E-state index in [-0.39, 0.29) is 23.6 Å². The van der Waals surface area contributed by atoms with Gasteiger partial charge in [-0.15, -0.1) is 0 Å². The second-order valence-electron chi connectivity index (χ2n) is 8.88. The van der Waals surface area contributed by atoms with Gasteiger partial charge in [0.25, 0.3) is 0 Å². The molecule has 0 bridgehead atoms. The molecule has 28 heavy (non-hydrogen) atoms. The Morgan fingerprint density at radius 2 is 1.86 bits per heavy atom. The summed E-state index contributed by atoms with van der Waals surface area (Å²) in [5.41, 5.74) is 0.618. The molecule has 1 spiro atoms. The molecular weight excluding hydrogens is 356 g/mol. The molecule has 1 saturated heterocycles. The van der Waals surface area contributed by atoms with Crippen LogP contribution in [-0.4, -0.2) is 59.7 Å². The zero-order chi connectivity index (χ0) is 20.4. The van der Waals surface area contributed by atoms with Crippen LogP contribution in [0.5, 0.6) is 0 Å². The highest BCUT2D eigenvalue weighted by Crippen LogP contribution is 2.48. The van der Waals surface area contributed by atoms with Gasteiger partial charge in [-0.3, -0.25) is 14.6 Å². The van der Waals surface area contributed by atoms with Crippen LogP contribution in [0, 0.1) is 0 Å². The number of hydrogen-bond acceptors (Lipinski definition) is 5. The summed E-state index contributed by atoms with van der Waals surface area (Å²) in [6.45, 7) is 7.96. The van der Waals surface area contributed by atoms with Gasteiger partial charge in [0.2, 0.25) is 0 Å². The Morgan fingerprint density at radius 3 is 2.43 bits per heavy atom. The molecule has 1 atom stereocenters. The van der Waals surface area contributed by atoms with E-state index in [9.17, 15) is 9.59 Å². The van der Waals surface area contributed by atoms with Crippen molar-refractivity contribution in [3.8, 4) is 0 Å². The molecule has 0 N–H and O–H groups in total. The molecule has 6 heteroatoms. The number of nitrogens with zero attached hydrogens (tertiary/aromatic N) is 2. The fourth-order valence-corrected chi connectivity index (χ4v) is 3.96. The Kier molecular flexibility index (Phi) is 5.98. The van der Waals surface area contributed by atoms with Gasteiger partial charge in [0.1, 0.15) is 5.60 Å². The number of benzene rings is 1. The molecular formula is C22H32N2O4. The topological polar surface area (TPSA) is 59.1 Å². The third-order valence-corrected chi connectivity index (χ3v) is 5.58. The minimum Gasteiger partial charge on any atom is -0.469 e. The summed E-state index contributed by atoms with van der Waals surface area (Å²) in [6.07, 6.45) is 3.09. The van der Waals surface area contributed by atoms with Crippen LogP contribution in [-0.2, 0) is 14.3 Å². The smallest absolute Gasteiger partial charge is 0.410 e. The van der Waals surface area contributed by atoms with Crippen molar-refractivity contribution in [3.05, 3.63) is 35.9 Å². The van der Waals surface area contributed by atoms with E-state index in [1.165, 1.54) is 7.11 Å². The maximum absolute atomic E-state index is 13.0. The molecule has 0 radical (unpaired) electrons. The van der Waals surface area contributed by atoms with Crippen LogP contribution in [0.15, 0.2) is 30.3 Å². The number of esters is 1. The van der Waals surface area contributed by atoms with E-state index in [1.807, 2.05) is 43.9 Å². The van der Waals surface area contributed by atoms with Crippen LogP contribution < -0.4 is 0 Å². The van der Waals surface area contributed by atoms with Crippen molar-refractivity contribution in [2.75, 3.05) is 26.7 Å². The fourth-order valence-electron chi connectivity index (χ4n) is 3.96. The van der Waals surface area contributed by atoms with Crippen molar-refractivity contribution in [2.24, 2.45) is 0 Å². The number of ether oxygens (including phenoxy) is 2. The first-order chi connectivity index (χ1) is 13.2. The lowest BCUT2D eigenvalue weighted by Crippen LogP contribution is -2.58. The second-order valence-corrected chi connectivity index (χ2v) is 8.88. The van der Waals surface area contributed by atoms with Crippen molar-refractivity contribution in [1.29, 1.82) is 0 Å². The summed E-state index contributed by atoms with van der Waals surface area (Å²) < 4.78 is 10.5. The number of carbonyl (C=O) groups excluding carboxylic acids is 2. The summed E-state index contributed by atoms with van der Waals surface area (Å²) in [7, 11) is 1.43. The lowest BCUT2D eigenvalue weighted by Gasteiger charge is -2.47. The van der Waals surface area contributed by atoms with Gasteiger partial charge in [0, 0.05) is 25.0 Å². The molecule has 1 aromatic carbocycles. The molecule has 1 aliphatic carbocycles. The Hall–Kier alpha value is -2.08. The van der Waals surface area contributed by atoms with Gasteiger partial charge >= 0.3 is 12.1 Å². The van der Waals surface area contributed by atoms with Crippen LogP contribution in [0.1, 0.15) is 58.1 Å². The Morgan fingerprint density at radius 1 is 1.18 bits per heavy atom. The van der Waals surface area contributed by atoms with Gasteiger partial charge in [0.15, 0.2) is 0 Å². The third kappa shape index (κ3) is 4.85. The minimum absolute atomic E-state index is 0.0261. The summed E-state index contributed by atoms with van der Waals surface area (Å²) >= 11 is 0. The SMILES string of the molecule is COC(=O)CCCN1C[C@H](c2ccccc2)N(C(=O)OC(C)(C)C)CC12CC2. The van der Waals surface area contributed by atoms with Gasteiger partial charge in [0.05, 0.1) is 13.2 Å². The fraction of sp³-hybridized carbons (Fsp3) is 0.636. The Labute approximate surface area is 167 Å². The number of piperazine rings is 1. The van der Waals surface area contributed by atoms with Gasteiger partial charge in [-0.25, -0.2) is 4.79 Å². The quantitative estimate of drug-likeness (QED) is 0.719. The second kappa shape index (κ2) is 8.11. The van der Waals surface area contributed by atoms with E-state index < -0.39 is 5.60 Å². The van der Waals surface area contributed by atoms with E-state index >= 15 is 0 Å². The molecule has 154 valence electrons. The standard InChI is InChI=1S/C22H32N2O4/c1-21(2,3)28-20(26)24-16-22(12-13-22)23(14-8-11-19(25)27-4)15-18(24)17-9-6-5-7-10-17/h5-7,9-10,18H,8,11-16H2,1-4H3/t18-/m1/s1. The number of carbonyl (C=O) groups is 2. The predicted octanol–water partition coefficient (Wildman–Crippen LogP) is 3.77. The minimum atomic E-state index is -0.521. The van der Waals surface area contributed by atoms with E-state index in [0.29, 0.717) is 13.0 Å². The normalized spacial score (nSPS) is 21.4. The monoisotopic (exact) mass is 388 g/mol. The summed E-state index contributed by atoms with van der Waals surface area (Å²) in [5, 5.41) is 0. The molecule has 1 heterocycles. The largest absolute Gasteiger partial charge is 0.469 e. The number of rotatable bonds is 5. The van der Waals surface area contributed by atoms with E-state index in [0.717, 1.165) is 37.9 Å². The lowest BCUT2D eigenvalue weighted by molar-refractivity contribution is -0.140. The van der Waals surface area contributed by atoms with Gasteiger partial charge in [-0.1, -0.05) is 30.3 Å². The van der Waals surface area contributed by atoms with Crippen molar-refractivity contribution in [2.45, 2.75) is 63.6 Å². The van der Waals surface area contributed by atoms with Gasteiger partial charge in [-0.05, 0) is 52.1 Å². The van der Waals surface area contributed by atoms with Crippen LogP contribution >= 0.6 is 0 Å². The van der Waals surface area contributed by atoms with E-state index in [2.05, 4.69) is 17.0 Å². The average Bonchev–Trinajstić information content (AvgIpc) is 3.42. The molecule has 1 aromatic rings. The Balaban J connectivity index is 1.78. The maximum Gasteiger partial charge on any atom is 0.410 e. The number of methoxy groups -OCH3 is 1. The highest BCUT2D eigenvalue weighted by atomic mass is 16.6. The first-order valence-corrected chi connectivity index (χ1v) is 10.1. The van der Waals surface area contributed by atoms with E-state index in [1.54, 1.807) is 0 Å². The molecule has 1 saturated carbocycles. The summed E-state index contributed by atoms with van der Waals surface area (Å²) in [4.78, 5) is 28.8. The molecule has 1 aliphatic heterocycles. The van der Waals surface area contributed by atoms with Crippen molar-refractivity contribution in [3.63, 3.8) is 0 Å². The predicted molar refractivity (Wildman–Crippen MR) is 107 cm³/mol. The molecule has 0 aromatic heterocycles. The van der Waals surface area contributed by atoms with Crippen LogP contribution in [0.4, 0.5) is 4.79 Å². The van der Waals surface area contributed by atoms with Crippen molar-refractivity contribution < 1.29 is 19.1 Å². The first kappa shape index (κ1) is 20.6. The highest BCUT2D eigenvalue weighted by molar-refractivity contribution is 5.70. The molecule has 3 rings (SSSR count). The van der Waals surface area contributed by atoms with Crippen molar-refractivity contribution >= 4 is 12.1 Å². The van der Waals surface area contributed by atoms with Crippen LogP contribution in [0.2, 0.25) is 0 Å². The summed E-state index contributed by atoms with van der Waals surface area (Å²) in [5.74, 6) is -0.170. The average molecular weight is 389 g/mol. The van der Waals surface area contributed by atoms with Crippen molar-refractivity contribution in [1.82, 2.24) is 9.80 Å². The van der Waals surface area contributed by atoms with E-state index in [4.69, 9.17) is 9.47 Å². The van der Waals surface area contributed by atoms with Gasteiger partial charge < -0.3 is 9.47 Å². The third-order valence-electron chi connectivity index (χ3n) is 5.58. The molecule has 1 amide bonds. The Bertz CT molecular complexity index is 694. The van der Waals surface area contributed by atoms with Crippen LogP contribution in [0.3, 0.4) is 0 Å². The molecule has 0 unspecified atom stereocenters. The number of amides is 1. The van der Waals surface area contributed by atoms with Crippen LogP contribution in [0.25, 0.3) is 0 Å².